The van der Waals surface area contributed by atoms with E-state index in [4.69, 9.17) is 10.5 Å². The third-order valence-corrected chi connectivity index (χ3v) is 4.63. The number of rotatable bonds is 1. The Morgan fingerprint density at radius 3 is 2.74 bits per heavy atom. The maximum absolute atomic E-state index is 12.5. The van der Waals surface area contributed by atoms with Crippen LogP contribution in [0, 0.1) is 6.92 Å². The molecule has 0 bridgehead atoms. The minimum atomic E-state index is -0.198. The number of ether oxygens (including phenoxy) is 1. The summed E-state index contributed by atoms with van der Waals surface area (Å²) in [5, 5.41) is 1.86. The Labute approximate surface area is 131 Å². The van der Waals surface area contributed by atoms with E-state index in [1.165, 1.54) is 6.07 Å². The molecule has 6 nitrogen and oxygen atoms in total. The molecule has 0 spiro atoms. The van der Waals surface area contributed by atoms with Gasteiger partial charge < -0.3 is 15.0 Å². The fourth-order valence-corrected chi connectivity index (χ4v) is 3.42. The number of aromatic nitrogens is 2. The van der Waals surface area contributed by atoms with Crippen molar-refractivity contribution in [2.75, 3.05) is 13.2 Å². The van der Waals surface area contributed by atoms with Crippen LogP contribution in [0.15, 0.2) is 33.9 Å². The zero-order valence-corrected chi connectivity index (χ0v) is 13.0. The number of hydrogen-bond donors (Lipinski definition) is 1. The molecule has 2 aromatic heterocycles. The predicted octanol–water partition coefficient (Wildman–Crippen LogP) is 1.05. The smallest absolute Gasteiger partial charge is 0.251 e. The molecule has 0 saturated carbocycles. The Kier molecular flexibility index (Phi) is 2.86. The first kappa shape index (κ1) is 14.0. The standard InChI is InChI=1S/C17H17N3O3/c1-9-5-14(22)20-11(7-18)8-23-17-15-10(6-12(9)16(17)20)3-4-13(21)19(15)2/h3-6,11H,7-8,18H2,1-2H3. The summed E-state index contributed by atoms with van der Waals surface area (Å²) >= 11 is 0. The zero-order valence-electron chi connectivity index (χ0n) is 13.0. The first-order valence-electron chi connectivity index (χ1n) is 7.54. The quantitative estimate of drug-likeness (QED) is 0.681. The second-order valence-electron chi connectivity index (χ2n) is 6.01. The van der Waals surface area contributed by atoms with Crippen molar-refractivity contribution in [3.8, 4) is 5.75 Å². The fraction of sp³-hybridized carbons (Fsp3) is 0.294. The van der Waals surface area contributed by atoms with E-state index in [2.05, 4.69) is 0 Å². The van der Waals surface area contributed by atoms with E-state index in [0.29, 0.717) is 24.4 Å². The molecule has 3 heterocycles. The second kappa shape index (κ2) is 4.70. The molecular formula is C17H17N3O3. The lowest BCUT2D eigenvalue weighted by Gasteiger charge is -2.29. The normalized spacial score (nSPS) is 16.7. The van der Waals surface area contributed by atoms with E-state index in [0.717, 1.165) is 21.9 Å². The highest BCUT2D eigenvalue weighted by molar-refractivity contribution is 6.03. The van der Waals surface area contributed by atoms with Gasteiger partial charge in [-0.05, 0) is 24.6 Å². The summed E-state index contributed by atoms with van der Waals surface area (Å²) in [5.74, 6) is 0.586. The van der Waals surface area contributed by atoms with E-state index in [1.807, 2.05) is 13.0 Å². The molecule has 3 aromatic rings. The molecule has 1 aliphatic rings. The molecule has 1 unspecified atom stereocenters. The first-order valence-corrected chi connectivity index (χ1v) is 7.54. The number of fused-ring (bicyclic) bond motifs is 2. The molecule has 1 aliphatic heterocycles. The van der Waals surface area contributed by atoms with Crippen LogP contribution in [-0.4, -0.2) is 22.3 Å². The highest BCUT2D eigenvalue weighted by Gasteiger charge is 2.26. The Morgan fingerprint density at radius 1 is 1.22 bits per heavy atom. The molecule has 0 fully saturated rings. The average Bonchev–Trinajstić information content (AvgIpc) is 2.54. The maximum Gasteiger partial charge on any atom is 0.251 e. The van der Waals surface area contributed by atoms with Gasteiger partial charge in [0.1, 0.15) is 6.61 Å². The van der Waals surface area contributed by atoms with Crippen LogP contribution in [0.25, 0.3) is 21.8 Å². The largest absolute Gasteiger partial charge is 0.487 e. The lowest BCUT2D eigenvalue weighted by atomic mass is 10.0. The predicted molar refractivity (Wildman–Crippen MR) is 89.3 cm³/mol. The minimum Gasteiger partial charge on any atom is -0.487 e. The Hall–Kier alpha value is -2.60. The van der Waals surface area contributed by atoms with Crippen molar-refractivity contribution in [3.05, 3.63) is 50.5 Å². The third-order valence-electron chi connectivity index (χ3n) is 4.63. The SMILES string of the molecule is Cc1cc(=O)n2c3c(c4c(ccc(=O)n4C)cc13)OCC2CN. The van der Waals surface area contributed by atoms with Crippen molar-refractivity contribution in [2.24, 2.45) is 12.8 Å². The van der Waals surface area contributed by atoms with Crippen LogP contribution in [0.5, 0.6) is 5.75 Å². The van der Waals surface area contributed by atoms with Gasteiger partial charge in [-0.1, -0.05) is 0 Å². The van der Waals surface area contributed by atoms with Gasteiger partial charge in [0.2, 0.25) is 0 Å². The molecule has 0 aliphatic carbocycles. The minimum absolute atomic E-state index is 0.0877. The molecule has 0 saturated heterocycles. The zero-order chi connectivity index (χ0) is 16.3. The molecular weight excluding hydrogens is 294 g/mol. The first-order chi connectivity index (χ1) is 11.0. The number of pyridine rings is 2. The van der Waals surface area contributed by atoms with Crippen LogP contribution < -0.4 is 21.6 Å². The van der Waals surface area contributed by atoms with Crippen molar-refractivity contribution in [1.82, 2.24) is 9.13 Å². The van der Waals surface area contributed by atoms with Gasteiger partial charge in [0.15, 0.2) is 5.75 Å². The Morgan fingerprint density at radius 2 is 2.00 bits per heavy atom. The van der Waals surface area contributed by atoms with Gasteiger partial charge in [-0.2, -0.15) is 0 Å². The van der Waals surface area contributed by atoms with Crippen LogP contribution >= 0.6 is 0 Å². The van der Waals surface area contributed by atoms with E-state index in [1.54, 1.807) is 28.3 Å². The number of aryl methyl sites for hydroxylation is 2. The van der Waals surface area contributed by atoms with Crippen LogP contribution in [0.4, 0.5) is 0 Å². The van der Waals surface area contributed by atoms with Crippen LogP contribution in [0.2, 0.25) is 0 Å². The summed E-state index contributed by atoms with van der Waals surface area (Å²) in [5.41, 5.74) is 7.94. The van der Waals surface area contributed by atoms with Crippen molar-refractivity contribution < 1.29 is 4.74 Å². The number of nitrogens with two attached hydrogens (primary N) is 1. The fourth-order valence-electron chi connectivity index (χ4n) is 3.42. The van der Waals surface area contributed by atoms with Crippen molar-refractivity contribution in [1.29, 1.82) is 0 Å². The topological polar surface area (TPSA) is 79.2 Å². The highest BCUT2D eigenvalue weighted by Crippen LogP contribution is 2.38. The number of hydrogen-bond acceptors (Lipinski definition) is 4. The van der Waals surface area contributed by atoms with Crippen molar-refractivity contribution in [2.45, 2.75) is 13.0 Å². The monoisotopic (exact) mass is 311 g/mol. The van der Waals surface area contributed by atoms with Crippen LogP contribution in [0.1, 0.15) is 11.6 Å². The summed E-state index contributed by atoms with van der Waals surface area (Å²) < 4.78 is 9.22. The van der Waals surface area contributed by atoms with E-state index in [9.17, 15) is 9.59 Å². The number of nitrogens with zero attached hydrogens (tertiary/aromatic N) is 2. The van der Waals surface area contributed by atoms with Gasteiger partial charge >= 0.3 is 0 Å². The highest BCUT2D eigenvalue weighted by atomic mass is 16.5. The van der Waals surface area contributed by atoms with Gasteiger partial charge in [0.25, 0.3) is 11.1 Å². The van der Waals surface area contributed by atoms with Gasteiger partial charge in [-0.15, -0.1) is 0 Å². The molecule has 4 rings (SSSR count). The molecule has 6 heteroatoms. The summed E-state index contributed by atoms with van der Waals surface area (Å²) in [4.78, 5) is 24.5. The van der Waals surface area contributed by atoms with Crippen LogP contribution in [-0.2, 0) is 7.05 Å². The van der Waals surface area contributed by atoms with E-state index >= 15 is 0 Å². The molecule has 1 aromatic carbocycles. The second-order valence-corrected chi connectivity index (χ2v) is 6.01. The molecule has 118 valence electrons. The maximum atomic E-state index is 12.5. The Balaban J connectivity index is 2.33. The lowest BCUT2D eigenvalue weighted by molar-refractivity contribution is 0.239. The van der Waals surface area contributed by atoms with Gasteiger partial charge in [-0.3, -0.25) is 14.2 Å². The average molecular weight is 311 g/mol. The summed E-state index contributed by atoms with van der Waals surface area (Å²) in [6, 6.07) is 6.77. The van der Waals surface area contributed by atoms with Gasteiger partial charge in [-0.25, -0.2) is 0 Å². The molecule has 2 N–H and O–H groups in total. The summed E-state index contributed by atoms with van der Waals surface area (Å²) in [7, 11) is 1.71. The molecule has 1 atom stereocenters. The molecule has 23 heavy (non-hydrogen) atoms. The number of benzene rings is 1. The van der Waals surface area contributed by atoms with Crippen molar-refractivity contribution >= 4 is 21.8 Å². The van der Waals surface area contributed by atoms with E-state index in [-0.39, 0.29) is 17.2 Å². The Bertz CT molecular complexity index is 1080. The molecule has 0 amide bonds. The lowest BCUT2D eigenvalue weighted by Crippen LogP contribution is -2.36. The van der Waals surface area contributed by atoms with Crippen LogP contribution in [0.3, 0.4) is 0 Å². The molecule has 0 radical (unpaired) electrons. The van der Waals surface area contributed by atoms with E-state index < -0.39 is 0 Å². The van der Waals surface area contributed by atoms with Gasteiger partial charge in [0, 0.05) is 36.5 Å². The van der Waals surface area contributed by atoms with Gasteiger partial charge in [0.05, 0.1) is 17.1 Å². The summed E-state index contributed by atoms with van der Waals surface area (Å²) in [6.45, 7) is 2.55. The third kappa shape index (κ3) is 1.78. The van der Waals surface area contributed by atoms with Crippen molar-refractivity contribution in [3.63, 3.8) is 0 Å². The summed E-state index contributed by atoms with van der Waals surface area (Å²) in [6.07, 6.45) is 0.